The number of benzene rings is 1. The van der Waals surface area contributed by atoms with Gasteiger partial charge in [0.1, 0.15) is 0 Å². The van der Waals surface area contributed by atoms with Crippen LogP contribution in [0.4, 0.5) is 11.4 Å². The second kappa shape index (κ2) is 6.90. The van der Waals surface area contributed by atoms with Gasteiger partial charge in [0.25, 0.3) is 0 Å². The van der Waals surface area contributed by atoms with Gasteiger partial charge in [-0.25, -0.2) is 0 Å². The number of nitro benzene ring substituents is 1. The Hall–Kier alpha value is -1.34. The van der Waals surface area contributed by atoms with Crippen molar-refractivity contribution in [3.05, 3.63) is 26.7 Å². The molecule has 0 aromatic heterocycles. The van der Waals surface area contributed by atoms with Crippen LogP contribution in [0.15, 0.2) is 16.6 Å². The molecule has 1 fully saturated rings. The molecule has 0 bridgehead atoms. The van der Waals surface area contributed by atoms with Crippen LogP contribution >= 0.6 is 15.9 Å². The van der Waals surface area contributed by atoms with E-state index in [-0.39, 0.29) is 11.4 Å². The first kappa shape index (κ1) is 15.1. The minimum Gasteiger partial charge on any atom is -0.490 e. The van der Waals surface area contributed by atoms with E-state index in [0.29, 0.717) is 10.4 Å². The summed E-state index contributed by atoms with van der Waals surface area (Å²) in [5, 5.41) is 14.2. The minimum absolute atomic E-state index is 0.0454. The van der Waals surface area contributed by atoms with E-state index >= 15 is 0 Å². The maximum Gasteiger partial charge on any atom is 0.312 e. The summed E-state index contributed by atoms with van der Waals surface area (Å²) < 4.78 is 11.1. The van der Waals surface area contributed by atoms with Gasteiger partial charge < -0.3 is 14.8 Å². The average molecular weight is 345 g/mol. The topological polar surface area (TPSA) is 73.6 Å². The molecule has 110 valence electrons. The van der Waals surface area contributed by atoms with Gasteiger partial charge in [-0.05, 0) is 34.7 Å². The van der Waals surface area contributed by atoms with Gasteiger partial charge in [-0.2, -0.15) is 0 Å². The molecule has 7 heteroatoms. The molecule has 1 aromatic rings. The van der Waals surface area contributed by atoms with Crippen molar-refractivity contribution in [3.63, 3.8) is 0 Å². The molecule has 20 heavy (non-hydrogen) atoms. The predicted molar refractivity (Wildman–Crippen MR) is 79.4 cm³/mol. The Morgan fingerprint density at radius 1 is 1.50 bits per heavy atom. The molecule has 0 saturated carbocycles. The maximum atomic E-state index is 10.9. The van der Waals surface area contributed by atoms with Gasteiger partial charge in [0, 0.05) is 36.4 Å². The highest BCUT2D eigenvalue weighted by Gasteiger charge is 2.19. The van der Waals surface area contributed by atoms with Crippen LogP contribution in [-0.2, 0) is 4.74 Å². The summed E-state index contributed by atoms with van der Waals surface area (Å²) in [4.78, 5) is 10.5. The first-order chi connectivity index (χ1) is 9.61. The van der Waals surface area contributed by atoms with Crippen molar-refractivity contribution in [2.24, 2.45) is 5.92 Å². The van der Waals surface area contributed by atoms with Crippen molar-refractivity contribution in [1.82, 2.24) is 0 Å². The largest absolute Gasteiger partial charge is 0.490 e. The molecule has 6 nitrogen and oxygen atoms in total. The van der Waals surface area contributed by atoms with Crippen LogP contribution < -0.4 is 10.1 Å². The Bertz CT molecular complexity index is 490. The second-order valence-corrected chi connectivity index (χ2v) is 5.55. The number of nitrogens with zero attached hydrogens (tertiary/aromatic N) is 1. The molecule has 0 aliphatic carbocycles. The van der Waals surface area contributed by atoms with Gasteiger partial charge in [0.15, 0.2) is 5.75 Å². The van der Waals surface area contributed by atoms with Crippen molar-refractivity contribution >= 4 is 27.3 Å². The normalized spacial score (nSPS) is 15.9. The lowest BCUT2D eigenvalue weighted by molar-refractivity contribution is -0.385. The minimum atomic E-state index is -0.453. The van der Waals surface area contributed by atoms with E-state index in [0.717, 1.165) is 38.3 Å². The number of nitrogens with one attached hydrogen (secondary N) is 1. The van der Waals surface area contributed by atoms with E-state index in [1.54, 1.807) is 6.07 Å². The fourth-order valence-electron chi connectivity index (χ4n) is 2.19. The summed E-state index contributed by atoms with van der Waals surface area (Å²) in [6, 6.07) is 3.12. The molecule has 1 aliphatic heterocycles. The van der Waals surface area contributed by atoms with E-state index in [9.17, 15) is 10.1 Å². The van der Waals surface area contributed by atoms with Crippen molar-refractivity contribution in [2.75, 3.05) is 32.2 Å². The van der Waals surface area contributed by atoms with Crippen LogP contribution in [0.2, 0.25) is 0 Å². The molecule has 0 unspecified atom stereocenters. The Balaban J connectivity index is 2.09. The van der Waals surface area contributed by atoms with Crippen molar-refractivity contribution in [3.8, 4) is 5.75 Å². The summed E-state index contributed by atoms with van der Waals surface area (Å²) >= 11 is 3.36. The zero-order valence-electron chi connectivity index (χ0n) is 11.2. The number of rotatable bonds is 5. The van der Waals surface area contributed by atoms with Crippen LogP contribution in [0.5, 0.6) is 5.75 Å². The van der Waals surface area contributed by atoms with Crippen LogP contribution in [0.25, 0.3) is 0 Å². The second-order valence-electron chi connectivity index (χ2n) is 4.70. The molecule has 0 radical (unpaired) electrons. The first-order valence-corrected chi connectivity index (χ1v) is 7.24. The highest BCUT2D eigenvalue weighted by molar-refractivity contribution is 9.10. The van der Waals surface area contributed by atoms with E-state index in [1.165, 1.54) is 13.2 Å². The zero-order chi connectivity index (χ0) is 14.5. The Morgan fingerprint density at radius 3 is 2.80 bits per heavy atom. The number of anilines is 1. The molecule has 2 rings (SSSR count). The van der Waals surface area contributed by atoms with E-state index < -0.39 is 4.92 Å². The smallest absolute Gasteiger partial charge is 0.312 e. The number of hydrogen-bond donors (Lipinski definition) is 1. The van der Waals surface area contributed by atoms with Crippen molar-refractivity contribution in [1.29, 1.82) is 0 Å². The summed E-state index contributed by atoms with van der Waals surface area (Å²) in [6.45, 7) is 2.43. The average Bonchev–Trinajstić information content (AvgIpc) is 2.46. The maximum absolute atomic E-state index is 10.9. The molecule has 0 spiro atoms. The van der Waals surface area contributed by atoms with Gasteiger partial charge in [0.05, 0.1) is 17.7 Å². The molecule has 0 amide bonds. The zero-order valence-corrected chi connectivity index (χ0v) is 12.8. The molecule has 1 saturated heterocycles. The summed E-state index contributed by atoms with van der Waals surface area (Å²) in [5.41, 5.74) is 0.759. The predicted octanol–water partition coefficient (Wildman–Crippen LogP) is 3.20. The molecule has 1 aliphatic rings. The number of halogens is 1. The lowest BCUT2D eigenvalue weighted by atomic mass is 10.0. The lowest BCUT2D eigenvalue weighted by Gasteiger charge is -2.23. The molecule has 1 N–H and O–H groups in total. The van der Waals surface area contributed by atoms with Crippen LogP contribution in [-0.4, -0.2) is 31.8 Å². The highest BCUT2D eigenvalue weighted by Crippen LogP contribution is 2.36. The molecule has 0 atom stereocenters. The van der Waals surface area contributed by atoms with Crippen LogP contribution in [0, 0.1) is 16.0 Å². The van der Waals surface area contributed by atoms with E-state index in [1.807, 2.05) is 0 Å². The Labute approximate surface area is 125 Å². The van der Waals surface area contributed by atoms with Gasteiger partial charge in [-0.15, -0.1) is 0 Å². The number of methoxy groups -OCH3 is 1. The molecular weight excluding hydrogens is 328 g/mol. The monoisotopic (exact) mass is 344 g/mol. The van der Waals surface area contributed by atoms with Crippen LogP contribution in [0.1, 0.15) is 12.8 Å². The number of nitro groups is 1. The first-order valence-electron chi connectivity index (χ1n) is 6.45. The molecule has 1 heterocycles. The lowest BCUT2D eigenvalue weighted by Crippen LogP contribution is -2.22. The fraction of sp³-hybridized carbons (Fsp3) is 0.538. The van der Waals surface area contributed by atoms with Gasteiger partial charge in [-0.3, -0.25) is 10.1 Å². The number of ether oxygens (including phenoxy) is 2. The van der Waals surface area contributed by atoms with E-state index in [2.05, 4.69) is 21.2 Å². The van der Waals surface area contributed by atoms with Crippen molar-refractivity contribution < 1.29 is 14.4 Å². The Morgan fingerprint density at radius 2 is 2.20 bits per heavy atom. The molecular formula is C13H17BrN2O4. The quantitative estimate of drug-likeness (QED) is 0.655. The highest BCUT2D eigenvalue weighted by atomic mass is 79.9. The summed E-state index contributed by atoms with van der Waals surface area (Å²) in [6.07, 6.45) is 2.07. The van der Waals surface area contributed by atoms with Crippen molar-refractivity contribution in [2.45, 2.75) is 12.8 Å². The number of hydrogen-bond acceptors (Lipinski definition) is 5. The third-order valence-electron chi connectivity index (χ3n) is 3.39. The van der Waals surface area contributed by atoms with Gasteiger partial charge in [0.2, 0.25) is 0 Å². The Kier molecular flexibility index (Phi) is 5.19. The standard InChI is InChI=1S/C13H17BrN2O4/c1-19-13-7-11(10(14)6-12(13)16(17)18)15-8-9-2-4-20-5-3-9/h6-7,9,15H,2-5,8H2,1H3. The SMILES string of the molecule is COc1cc(NCC2CCOCC2)c(Br)cc1[N+](=O)[O-]. The van der Waals surface area contributed by atoms with Gasteiger partial charge >= 0.3 is 5.69 Å². The molecule has 1 aromatic carbocycles. The van der Waals surface area contributed by atoms with Gasteiger partial charge in [-0.1, -0.05) is 0 Å². The summed E-state index contributed by atoms with van der Waals surface area (Å²) in [5.74, 6) is 0.824. The summed E-state index contributed by atoms with van der Waals surface area (Å²) in [7, 11) is 1.43. The van der Waals surface area contributed by atoms with Crippen LogP contribution in [0.3, 0.4) is 0 Å². The fourth-order valence-corrected chi connectivity index (χ4v) is 2.66. The third-order valence-corrected chi connectivity index (χ3v) is 4.04. The van der Waals surface area contributed by atoms with E-state index in [4.69, 9.17) is 9.47 Å². The third kappa shape index (κ3) is 3.61.